The third-order valence-corrected chi connectivity index (χ3v) is 6.84. The van der Waals surface area contributed by atoms with Gasteiger partial charge >= 0.3 is 0 Å². The molecule has 3 aromatic rings. The first-order chi connectivity index (χ1) is 15.2. The Morgan fingerprint density at radius 2 is 1.19 bits per heavy atom. The summed E-state index contributed by atoms with van der Waals surface area (Å²) < 4.78 is 22.6. The number of benzene rings is 3. The van der Waals surface area contributed by atoms with E-state index in [0.717, 1.165) is 27.5 Å². The first-order valence-corrected chi connectivity index (χ1v) is 10.3. The minimum Gasteiger partial charge on any atom is -0.496 e. The lowest BCUT2D eigenvalue weighted by Gasteiger charge is -2.38. The zero-order chi connectivity index (χ0) is 23.1. The highest BCUT2D eigenvalue weighted by Gasteiger charge is 2.47. The molecule has 164 valence electrons. The van der Waals surface area contributed by atoms with Crippen LogP contribution in [0.3, 0.4) is 0 Å². The minimum atomic E-state index is -0.864. The Hall–Kier alpha value is -3.54. The van der Waals surface area contributed by atoms with Crippen LogP contribution in [0.1, 0.15) is 51.3 Å². The number of carbonyl (C=O) groups is 2. The summed E-state index contributed by atoms with van der Waals surface area (Å²) in [5.41, 5.74) is 3.48. The first-order valence-electron chi connectivity index (χ1n) is 10.3. The van der Waals surface area contributed by atoms with Crippen LogP contribution >= 0.6 is 0 Å². The largest absolute Gasteiger partial charge is 0.496 e. The quantitative estimate of drug-likeness (QED) is 0.458. The molecule has 0 saturated heterocycles. The SMILES string of the molecule is COc1cc(OC)c2c3c1C(=O)c1c(OC)cc(C)c4c(OC)cc(c-3c14)C(C)(C)C2=O. The van der Waals surface area contributed by atoms with Crippen LogP contribution in [0.15, 0.2) is 18.2 Å². The second-order valence-corrected chi connectivity index (χ2v) is 8.71. The van der Waals surface area contributed by atoms with E-state index in [0.29, 0.717) is 45.3 Å². The van der Waals surface area contributed by atoms with Gasteiger partial charge < -0.3 is 18.9 Å². The first kappa shape index (κ1) is 20.4. The second kappa shape index (κ2) is 6.48. The Bertz CT molecular complexity index is 1380. The number of hydrogen-bond acceptors (Lipinski definition) is 6. The van der Waals surface area contributed by atoms with Gasteiger partial charge in [0.25, 0.3) is 0 Å². The molecule has 0 heterocycles. The maximum absolute atomic E-state index is 14.0. The zero-order valence-electron chi connectivity index (χ0n) is 19.2. The molecule has 0 fully saturated rings. The molecule has 5 rings (SSSR count). The molecule has 0 unspecified atom stereocenters. The van der Waals surface area contributed by atoms with Crippen LogP contribution in [-0.4, -0.2) is 40.0 Å². The lowest BCUT2D eigenvalue weighted by atomic mass is 9.64. The van der Waals surface area contributed by atoms with E-state index in [1.165, 1.54) is 14.2 Å². The maximum atomic E-state index is 14.0. The number of rotatable bonds is 4. The number of methoxy groups -OCH3 is 4. The molecule has 0 aliphatic heterocycles. The average molecular weight is 432 g/mol. The summed E-state index contributed by atoms with van der Waals surface area (Å²) in [5.74, 6) is 1.50. The third-order valence-electron chi connectivity index (χ3n) is 6.84. The summed E-state index contributed by atoms with van der Waals surface area (Å²) in [7, 11) is 6.17. The van der Waals surface area contributed by atoms with Crippen molar-refractivity contribution >= 4 is 22.3 Å². The van der Waals surface area contributed by atoms with Crippen LogP contribution < -0.4 is 18.9 Å². The summed E-state index contributed by atoms with van der Waals surface area (Å²) in [6, 6.07) is 5.40. The molecule has 2 aliphatic carbocycles. The van der Waals surface area contributed by atoms with Crippen molar-refractivity contribution in [3.05, 3.63) is 46.0 Å². The van der Waals surface area contributed by atoms with E-state index in [1.54, 1.807) is 20.3 Å². The third kappa shape index (κ3) is 2.19. The van der Waals surface area contributed by atoms with Crippen LogP contribution in [0.4, 0.5) is 0 Å². The smallest absolute Gasteiger partial charge is 0.201 e. The van der Waals surface area contributed by atoms with Gasteiger partial charge in [0.2, 0.25) is 5.78 Å². The van der Waals surface area contributed by atoms with E-state index >= 15 is 0 Å². The Morgan fingerprint density at radius 3 is 1.78 bits per heavy atom. The van der Waals surface area contributed by atoms with Crippen molar-refractivity contribution in [3.63, 3.8) is 0 Å². The van der Waals surface area contributed by atoms with Crippen molar-refractivity contribution in [1.82, 2.24) is 0 Å². The highest BCUT2D eigenvalue weighted by Crippen LogP contribution is 2.58. The van der Waals surface area contributed by atoms with Crippen molar-refractivity contribution in [2.24, 2.45) is 0 Å². The van der Waals surface area contributed by atoms with Gasteiger partial charge in [0.05, 0.1) is 50.5 Å². The normalized spacial score (nSPS) is 15.1. The molecule has 0 aromatic heterocycles. The molecule has 0 bridgehead atoms. The van der Waals surface area contributed by atoms with Gasteiger partial charge in [0.1, 0.15) is 23.0 Å². The molecule has 6 heteroatoms. The molecule has 0 radical (unpaired) electrons. The van der Waals surface area contributed by atoms with E-state index in [-0.39, 0.29) is 11.6 Å². The lowest BCUT2D eigenvalue weighted by molar-refractivity contribution is 0.0903. The Kier molecular flexibility index (Phi) is 4.13. The molecule has 0 spiro atoms. The van der Waals surface area contributed by atoms with Gasteiger partial charge in [-0.25, -0.2) is 0 Å². The average Bonchev–Trinajstić information content (AvgIpc) is 2.79. The van der Waals surface area contributed by atoms with Crippen molar-refractivity contribution in [1.29, 1.82) is 0 Å². The van der Waals surface area contributed by atoms with Gasteiger partial charge in [-0.3, -0.25) is 9.59 Å². The molecule has 32 heavy (non-hydrogen) atoms. The Labute approximate surface area is 186 Å². The molecule has 0 N–H and O–H groups in total. The lowest BCUT2D eigenvalue weighted by Crippen LogP contribution is -2.36. The summed E-state index contributed by atoms with van der Waals surface area (Å²) in [6.07, 6.45) is 0. The fourth-order valence-electron chi connectivity index (χ4n) is 5.28. The van der Waals surface area contributed by atoms with Gasteiger partial charge in [-0.1, -0.05) is 0 Å². The summed E-state index contributed by atoms with van der Waals surface area (Å²) >= 11 is 0. The van der Waals surface area contributed by atoms with Crippen LogP contribution in [0, 0.1) is 6.92 Å². The summed E-state index contributed by atoms with van der Waals surface area (Å²) in [4.78, 5) is 27.8. The van der Waals surface area contributed by atoms with Crippen LogP contribution in [0.25, 0.3) is 21.9 Å². The number of ether oxygens (including phenoxy) is 4. The van der Waals surface area contributed by atoms with Crippen molar-refractivity contribution in [2.45, 2.75) is 26.2 Å². The van der Waals surface area contributed by atoms with Crippen molar-refractivity contribution in [3.8, 4) is 34.1 Å². The molecular formula is C26H24O6. The topological polar surface area (TPSA) is 71.1 Å². The highest BCUT2D eigenvalue weighted by molar-refractivity contribution is 6.34. The standard InChI is InChI=1S/C26H24O6/c1-11-8-13(29-4)19-22-17(11)14(30-5)9-12-18(22)23-20(24(19)27)15(31-6)10-16(32-7)21(23)25(28)26(12,2)3/h8-10H,1-7H3. The van der Waals surface area contributed by atoms with Crippen LogP contribution in [0.5, 0.6) is 23.0 Å². The Morgan fingerprint density at radius 1 is 0.625 bits per heavy atom. The van der Waals surface area contributed by atoms with E-state index in [2.05, 4.69) is 0 Å². The van der Waals surface area contributed by atoms with Crippen LogP contribution in [0.2, 0.25) is 0 Å². The molecule has 6 nitrogen and oxygen atoms in total. The van der Waals surface area contributed by atoms with E-state index < -0.39 is 5.41 Å². The van der Waals surface area contributed by atoms with Gasteiger partial charge in [0, 0.05) is 22.4 Å². The molecule has 0 saturated carbocycles. The van der Waals surface area contributed by atoms with Crippen molar-refractivity contribution < 1.29 is 28.5 Å². The second-order valence-electron chi connectivity index (χ2n) is 8.71. The predicted molar refractivity (Wildman–Crippen MR) is 121 cm³/mol. The van der Waals surface area contributed by atoms with E-state index in [9.17, 15) is 9.59 Å². The van der Waals surface area contributed by atoms with Gasteiger partial charge in [-0.15, -0.1) is 0 Å². The Balaban J connectivity index is 2.16. The number of ketones is 2. The fourth-order valence-corrected chi connectivity index (χ4v) is 5.28. The molecule has 0 atom stereocenters. The number of carbonyl (C=O) groups excluding carboxylic acids is 2. The number of aryl methyl sites for hydroxylation is 1. The van der Waals surface area contributed by atoms with Crippen LogP contribution in [-0.2, 0) is 5.41 Å². The molecular weight excluding hydrogens is 408 g/mol. The highest BCUT2D eigenvalue weighted by atomic mass is 16.5. The summed E-state index contributed by atoms with van der Waals surface area (Å²) in [5, 5.41) is 1.57. The van der Waals surface area contributed by atoms with Crippen molar-refractivity contribution in [2.75, 3.05) is 28.4 Å². The predicted octanol–water partition coefficient (Wildman–Crippen LogP) is 4.87. The van der Waals surface area contributed by atoms with Gasteiger partial charge in [0.15, 0.2) is 5.78 Å². The maximum Gasteiger partial charge on any atom is 0.201 e. The summed E-state index contributed by atoms with van der Waals surface area (Å²) in [6.45, 7) is 5.74. The minimum absolute atomic E-state index is 0.113. The fraction of sp³-hybridized carbons (Fsp3) is 0.308. The van der Waals surface area contributed by atoms with Gasteiger partial charge in [-0.2, -0.15) is 0 Å². The zero-order valence-corrected chi connectivity index (χ0v) is 19.2. The number of hydrogen-bond donors (Lipinski definition) is 0. The van der Waals surface area contributed by atoms with Gasteiger partial charge in [-0.05, 0) is 49.6 Å². The molecule has 2 aliphatic rings. The van der Waals surface area contributed by atoms with E-state index in [4.69, 9.17) is 18.9 Å². The monoisotopic (exact) mass is 432 g/mol. The molecule has 0 amide bonds. The number of Topliss-reactive ketones (excluding diaryl/α,β-unsaturated/α-hetero) is 1. The van der Waals surface area contributed by atoms with E-state index in [1.807, 2.05) is 32.9 Å². The molecule has 3 aromatic carbocycles.